The summed E-state index contributed by atoms with van der Waals surface area (Å²) < 4.78 is 26.6. The van der Waals surface area contributed by atoms with E-state index in [2.05, 4.69) is 46.0 Å². The number of rotatable bonds is 10. The standard InChI is InChI=1S/C27H37ClN2O2S/c1-2-17-33(31,32)29-14-6-8-21-10-11-23-12-13-27(30-15-3-4-16-30)26(25(23)19-21)20-22-7-5-9-24(28)18-22/h5,7,9-11,18-19,26-27,29H,2-4,6,8,12-17,20H2,1H3. The molecule has 4 rings (SSSR count). The van der Waals surface area contributed by atoms with Crippen molar-refractivity contribution >= 4 is 21.6 Å². The van der Waals surface area contributed by atoms with E-state index in [4.69, 9.17) is 11.6 Å². The molecule has 0 aromatic heterocycles. The van der Waals surface area contributed by atoms with Crippen LogP contribution in [0, 0.1) is 0 Å². The van der Waals surface area contributed by atoms with Crippen LogP contribution in [-0.2, 0) is 29.3 Å². The molecule has 2 aromatic rings. The summed E-state index contributed by atoms with van der Waals surface area (Å²) >= 11 is 6.32. The molecule has 0 saturated carbocycles. The Bertz CT molecular complexity index is 1030. The zero-order valence-electron chi connectivity index (χ0n) is 19.7. The third-order valence-corrected chi connectivity index (χ3v) is 9.00. The Kier molecular flexibility index (Phi) is 8.50. The van der Waals surface area contributed by atoms with Crippen molar-refractivity contribution in [1.29, 1.82) is 0 Å². The molecule has 0 amide bonds. The van der Waals surface area contributed by atoms with E-state index in [1.807, 2.05) is 13.0 Å². The van der Waals surface area contributed by atoms with Crippen molar-refractivity contribution in [3.05, 3.63) is 69.7 Å². The van der Waals surface area contributed by atoms with Gasteiger partial charge in [0.25, 0.3) is 0 Å². The van der Waals surface area contributed by atoms with Gasteiger partial charge in [-0.3, -0.25) is 4.90 Å². The van der Waals surface area contributed by atoms with Gasteiger partial charge in [-0.25, -0.2) is 13.1 Å². The molecule has 2 unspecified atom stereocenters. The summed E-state index contributed by atoms with van der Waals surface area (Å²) in [5.74, 6) is 0.669. The summed E-state index contributed by atoms with van der Waals surface area (Å²) in [6.07, 6.45) is 8.33. The fraction of sp³-hybridized carbons (Fsp3) is 0.556. The SMILES string of the molecule is CCCS(=O)(=O)NCCCc1ccc2c(c1)C(Cc1cccc(Cl)c1)C(N1CCCC1)CC2. The number of likely N-dealkylation sites (tertiary alicyclic amines) is 1. The van der Waals surface area contributed by atoms with E-state index >= 15 is 0 Å². The number of benzene rings is 2. The molecule has 0 bridgehead atoms. The number of nitrogens with one attached hydrogen (secondary N) is 1. The number of sulfonamides is 1. The molecule has 1 heterocycles. The van der Waals surface area contributed by atoms with E-state index in [1.165, 1.54) is 54.6 Å². The Balaban J connectivity index is 1.51. The number of fused-ring (bicyclic) bond motifs is 1. The summed E-state index contributed by atoms with van der Waals surface area (Å²) in [7, 11) is -3.13. The van der Waals surface area contributed by atoms with E-state index in [9.17, 15) is 8.42 Å². The summed E-state index contributed by atoms with van der Waals surface area (Å²) in [6, 6.07) is 15.9. The van der Waals surface area contributed by atoms with Gasteiger partial charge >= 0.3 is 0 Å². The average Bonchev–Trinajstić information content (AvgIpc) is 3.32. The van der Waals surface area contributed by atoms with Crippen molar-refractivity contribution in [3.63, 3.8) is 0 Å². The van der Waals surface area contributed by atoms with Gasteiger partial charge in [-0.15, -0.1) is 0 Å². The lowest BCUT2D eigenvalue weighted by Crippen LogP contribution is -2.41. The molecule has 0 spiro atoms. The van der Waals surface area contributed by atoms with Gasteiger partial charge in [0, 0.05) is 23.5 Å². The minimum absolute atomic E-state index is 0.203. The second kappa shape index (κ2) is 11.4. The van der Waals surface area contributed by atoms with E-state index in [0.29, 0.717) is 24.9 Å². The zero-order valence-corrected chi connectivity index (χ0v) is 21.3. The highest BCUT2D eigenvalue weighted by Gasteiger charge is 2.34. The van der Waals surface area contributed by atoms with Crippen LogP contribution in [0.1, 0.15) is 67.2 Å². The van der Waals surface area contributed by atoms with Crippen LogP contribution in [0.25, 0.3) is 0 Å². The van der Waals surface area contributed by atoms with Crippen LogP contribution in [0.15, 0.2) is 42.5 Å². The minimum atomic E-state index is -3.13. The number of halogens is 1. The first-order valence-electron chi connectivity index (χ1n) is 12.5. The second-order valence-corrected chi connectivity index (χ2v) is 12.0. The van der Waals surface area contributed by atoms with Gasteiger partial charge in [-0.2, -0.15) is 0 Å². The highest BCUT2D eigenvalue weighted by molar-refractivity contribution is 7.89. The second-order valence-electron chi connectivity index (χ2n) is 9.64. The summed E-state index contributed by atoms with van der Waals surface area (Å²) in [5.41, 5.74) is 5.58. The van der Waals surface area contributed by atoms with Crippen LogP contribution in [0.3, 0.4) is 0 Å². The molecule has 1 fully saturated rings. The van der Waals surface area contributed by atoms with Crippen molar-refractivity contribution in [1.82, 2.24) is 9.62 Å². The van der Waals surface area contributed by atoms with Crippen LogP contribution in [-0.4, -0.2) is 44.7 Å². The molecule has 1 aliphatic heterocycles. The lowest BCUT2D eigenvalue weighted by molar-refractivity contribution is 0.188. The molecule has 2 aliphatic rings. The van der Waals surface area contributed by atoms with Crippen LogP contribution >= 0.6 is 11.6 Å². The van der Waals surface area contributed by atoms with Crippen molar-refractivity contribution in [2.24, 2.45) is 0 Å². The average molecular weight is 489 g/mol. The van der Waals surface area contributed by atoms with Crippen LogP contribution in [0.4, 0.5) is 0 Å². The maximum absolute atomic E-state index is 11.9. The molecule has 180 valence electrons. The fourth-order valence-electron chi connectivity index (χ4n) is 5.62. The Morgan fingerprint density at radius 3 is 2.67 bits per heavy atom. The van der Waals surface area contributed by atoms with Crippen molar-refractivity contribution in [2.45, 2.75) is 70.3 Å². The Labute approximate surface area is 204 Å². The molecule has 1 N–H and O–H groups in total. The number of hydrogen-bond acceptors (Lipinski definition) is 3. The van der Waals surface area contributed by atoms with E-state index < -0.39 is 10.0 Å². The van der Waals surface area contributed by atoms with E-state index in [-0.39, 0.29) is 5.75 Å². The third kappa shape index (κ3) is 6.60. The van der Waals surface area contributed by atoms with Crippen molar-refractivity contribution in [3.8, 4) is 0 Å². The van der Waals surface area contributed by atoms with E-state index in [1.54, 1.807) is 0 Å². The molecule has 33 heavy (non-hydrogen) atoms. The topological polar surface area (TPSA) is 49.4 Å². The summed E-state index contributed by atoms with van der Waals surface area (Å²) in [4.78, 5) is 2.72. The minimum Gasteiger partial charge on any atom is -0.300 e. The molecule has 4 nitrogen and oxygen atoms in total. The monoisotopic (exact) mass is 488 g/mol. The molecule has 1 aliphatic carbocycles. The van der Waals surface area contributed by atoms with Crippen LogP contribution < -0.4 is 4.72 Å². The van der Waals surface area contributed by atoms with Gasteiger partial charge in [0.1, 0.15) is 0 Å². The fourth-order valence-corrected chi connectivity index (χ4v) is 6.97. The predicted octanol–water partition coefficient (Wildman–Crippen LogP) is 5.34. The summed E-state index contributed by atoms with van der Waals surface area (Å²) in [5, 5.41) is 0.806. The highest BCUT2D eigenvalue weighted by Crippen LogP contribution is 2.39. The molecule has 2 atom stereocenters. The number of nitrogens with zero attached hydrogens (tertiary/aromatic N) is 1. The zero-order chi connectivity index (χ0) is 23.3. The van der Waals surface area contributed by atoms with Crippen LogP contribution in [0.2, 0.25) is 5.02 Å². The first-order chi connectivity index (χ1) is 15.9. The highest BCUT2D eigenvalue weighted by atomic mass is 35.5. The van der Waals surface area contributed by atoms with Gasteiger partial charge < -0.3 is 0 Å². The van der Waals surface area contributed by atoms with Gasteiger partial charge in [0.05, 0.1) is 5.75 Å². The van der Waals surface area contributed by atoms with Gasteiger partial charge in [0.15, 0.2) is 0 Å². The quantitative estimate of drug-likeness (QED) is 0.459. The lowest BCUT2D eigenvalue weighted by atomic mass is 9.75. The maximum atomic E-state index is 11.9. The first-order valence-corrected chi connectivity index (χ1v) is 14.6. The Morgan fingerprint density at radius 2 is 1.91 bits per heavy atom. The number of hydrogen-bond donors (Lipinski definition) is 1. The van der Waals surface area contributed by atoms with Crippen LogP contribution in [0.5, 0.6) is 0 Å². The molecular weight excluding hydrogens is 452 g/mol. The normalized spacial score (nSPS) is 21.3. The van der Waals surface area contributed by atoms with Gasteiger partial charge in [0.2, 0.25) is 10.0 Å². The molecule has 2 aromatic carbocycles. The smallest absolute Gasteiger partial charge is 0.211 e. The van der Waals surface area contributed by atoms with Crippen molar-refractivity contribution < 1.29 is 8.42 Å². The molecule has 6 heteroatoms. The summed E-state index contributed by atoms with van der Waals surface area (Å²) in [6.45, 7) is 4.82. The molecule has 0 radical (unpaired) electrons. The largest absolute Gasteiger partial charge is 0.300 e. The predicted molar refractivity (Wildman–Crippen MR) is 138 cm³/mol. The Hall–Kier alpha value is -1.40. The number of aryl methyl sites for hydroxylation is 2. The first kappa shape index (κ1) is 24.7. The third-order valence-electron chi connectivity index (χ3n) is 7.18. The van der Waals surface area contributed by atoms with E-state index in [0.717, 1.165) is 30.7 Å². The van der Waals surface area contributed by atoms with Gasteiger partial charge in [-0.05, 0) is 98.8 Å². The lowest BCUT2D eigenvalue weighted by Gasteiger charge is -2.40. The molecule has 1 saturated heterocycles. The van der Waals surface area contributed by atoms with Crippen molar-refractivity contribution in [2.75, 3.05) is 25.4 Å². The molecular formula is C27H37ClN2O2S. The maximum Gasteiger partial charge on any atom is 0.211 e. The van der Waals surface area contributed by atoms with Gasteiger partial charge in [-0.1, -0.05) is 48.9 Å². The Morgan fingerprint density at radius 1 is 1.09 bits per heavy atom.